The van der Waals surface area contributed by atoms with Crippen molar-refractivity contribution in [3.8, 4) is 11.3 Å². The summed E-state index contributed by atoms with van der Waals surface area (Å²) in [5.41, 5.74) is 4.54. The molecule has 1 heterocycles. The molecule has 0 aliphatic rings. The summed E-state index contributed by atoms with van der Waals surface area (Å²) in [5, 5.41) is 6.00. The highest BCUT2D eigenvalue weighted by molar-refractivity contribution is 7.09. The van der Waals surface area contributed by atoms with Gasteiger partial charge in [0.25, 0.3) is 5.91 Å². The Morgan fingerprint density at radius 2 is 1.86 bits per heavy atom. The Bertz CT molecular complexity index is 806. The van der Waals surface area contributed by atoms with Crippen LogP contribution in [0.1, 0.15) is 20.9 Å². The first-order chi connectivity index (χ1) is 10.6. The zero-order chi connectivity index (χ0) is 15.5. The first-order valence-electron chi connectivity index (χ1n) is 7.02. The molecular formula is C18H16N2OS. The molecule has 2 aromatic carbocycles. The van der Waals surface area contributed by atoms with Crippen molar-refractivity contribution in [2.45, 2.75) is 13.8 Å². The van der Waals surface area contributed by atoms with Crippen LogP contribution in [0.2, 0.25) is 0 Å². The van der Waals surface area contributed by atoms with E-state index in [1.807, 2.05) is 67.8 Å². The van der Waals surface area contributed by atoms with Gasteiger partial charge in [-0.1, -0.05) is 29.8 Å². The fourth-order valence-corrected chi connectivity index (χ4v) is 2.83. The van der Waals surface area contributed by atoms with Gasteiger partial charge in [0.15, 0.2) is 0 Å². The number of aromatic nitrogens is 1. The van der Waals surface area contributed by atoms with E-state index in [0.717, 1.165) is 27.5 Å². The molecule has 3 aromatic rings. The van der Waals surface area contributed by atoms with E-state index in [4.69, 9.17) is 0 Å². The monoisotopic (exact) mass is 308 g/mol. The van der Waals surface area contributed by atoms with Gasteiger partial charge >= 0.3 is 0 Å². The summed E-state index contributed by atoms with van der Waals surface area (Å²) >= 11 is 1.63. The summed E-state index contributed by atoms with van der Waals surface area (Å²) in [7, 11) is 0. The van der Waals surface area contributed by atoms with Crippen LogP contribution in [0.4, 0.5) is 5.69 Å². The fourth-order valence-electron chi connectivity index (χ4n) is 2.21. The molecule has 4 heteroatoms. The minimum atomic E-state index is -0.0963. The number of nitrogens with one attached hydrogen (secondary N) is 1. The standard InChI is InChI=1S/C18H16N2OS/c1-12-4-3-5-15(10-12)18(21)20-16-8-6-14(7-9-16)17-11-22-13(2)19-17/h3-11H,1-2H3,(H,20,21). The van der Waals surface area contributed by atoms with Gasteiger partial charge in [-0.3, -0.25) is 4.79 Å². The number of thiazole rings is 1. The molecule has 22 heavy (non-hydrogen) atoms. The van der Waals surface area contributed by atoms with Gasteiger partial charge < -0.3 is 5.32 Å². The normalized spacial score (nSPS) is 10.5. The van der Waals surface area contributed by atoms with Gasteiger partial charge in [0.05, 0.1) is 10.7 Å². The van der Waals surface area contributed by atoms with Crippen molar-refractivity contribution in [3.05, 3.63) is 70.0 Å². The lowest BCUT2D eigenvalue weighted by atomic mass is 10.1. The first-order valence-corrected chi connectivity index (χ1v) is 7.90. The van der Waals surface area contributed by atoms with Crippen molar-refractivity contribution in [1.29, 1.82) is 0 Å². The van der Waals surface area contributed by atoms with E-state index >= 15 is 0 Å². The van der Waals surface area contributed by atoms with Crippen LogP contribution in [0.25, 0.3) is 11.3 Å². The van der Waals surface area contributed by atoms with Crippen LogP contribution in [0.5, 0.6) is 0 Å². The molecule has 0 aliphatic carbocycles. The Morgan fingerprint density at radius 3 is 2.50 bits per heavy atom. The molecule has 0 unspecified atom stereocenters. The highest BCUT2D eigenvalue weighted by Crippen LogP contribution is 2.23. The maximum absolute atomic E-state index is 12.2. The summed E-state index contributed by atoms with van der Waals surface area (Å²) in [6.07, 6.45) is 0. The molecule has 0 bridgehead atoms. The quantitative estimate of drug-likeness (QED) is 0.763. The molecule has 1 aromatic heterocycles. The predicted molar refractivity (Wildman–Crippen MR) is 91.4 cm³/mol. The van der Waals surface area contributed by atoms with Crippen LogP contribution in [0.3, 0.4) is 0 Å². The van der Waals surface area contributed by atoms with E-state index < -0.39 is 0 Å². The number of amides is 1. The van der Waals surface area contributed by atoms with E-state index in [-0.39, 0.29) is 5.91 Å². The predicted octanol–water partition coefficient (Wildman–Crippen LogP) is 4.68. The Kier molecular flexibility index (Phi) is 4.02. The molecule has 0 saturated carbocycles. The maximum atomic E-state index is 12.2. The lowest BCUT2D eigenvalue weighted by Crippen LogP contribution is -2.11. The minimum Gasteiger partial charge on any atom is -0.322 e. The van der Waals surface area contributed by atoms with Gasteiger partial charge in [0, 0.05) is 22.2 Å². The van der Waals surface area contributed by atoms with Crippen molar-refractivity contribution in [2.75, 3.05) is 5.32 Å². The molecule has 3 nitrogen and oxygen atoms in total. The van der Waals surface area contributed by atoms with Gasteiger partial charge in [0.2, 0.25) is 0 Å². The van der Waals surface area contributed by atoms with Crippen LogP contribution >= 0.6 is 11.3 Å². The van der Waals surface area contributed by atoms with Crippen LogP contribution in [-0.4, -0.2) is 10.9 Å². The average molecular weight is 308 g/mol. The largest absolute Gasteiger partial charge is 0.322 e. The van der Waals surface area contributed by atoms with Crippen molar-refractivity contribution in [3.63, 3.8) is 0 Å². The molecule has 0 atom stereocenters. The van der Waals surface area contributed by atoms with Crippen molar-refractivity contribution >= 4 is 22.9 Å². The zero-order valence-corrected chi connectivity index (χ0v) is 13.3. The minimum absolute atomic E-state index is 0.0963. The topological polar surface area (TPSA) is 42.0 Å². The number of carbonyl (C=O) groups is 1. The Hall–Kier alpha value is -2.46. The number of benzene rings is 2. The first kappa shape index (κ1) is 14.5. The summed E-state index contributed by atoms with van der Waals surface area (Å²) in [6.45, 7) is 3.96. The Balaban J connectivity index is 1.75. The molecule has 3 rings (SSSR count). The highest BCUT2D eigenvalue weighted by atomic mass is 32.1. The van der Waals surface area contributed by atoms with E-state index in [1.54, 1.807) is 11.3 Å². The summed E-state index contributed by atoms with van der Waals surface area (Å²) in [4.78, 5) is 16.7. The second-order valence-corrected chi connectivity index (χ2v) is 6.21. The van der Waals surface area contributed by atoms with Gasteiger partial charge in [0.1, 0.15) is 0 Å². The zero-order valence-electron chi connectivity index (χ0n) is 12.5. The summed E-state index contributed by atoms with van der Waals surface area (Å²) in [5.74, 6) is -0.0963. The fraction of sp³-hybridized carbons (Fsp3) is 0.111. The summed E-state index contributed by atoms with van der Waals surface area (Å²) in [6, 6.07) is 15.3. The molecule has 0 saturated heterocycles. The van der Waals surface area contributed by atoms with Crippen molar-refractivity contribution in [2.24, 2.45) is 0 Å². The van der Waals surface area contributed by atoms with Gasteiger partial charge in [-0.2, -0.15) is 0 Å². The maximum Gasteiger partial charge on any atom is 0.255 e. The number of aryl methyl sites for hydroxylation is 2. The molecule has 1 amide bonds. The van der Waals surface area contributed by atoms with Gasteiger partial charge in [-0.05, 0) is 38.1 Å². The van der Waals surface area contributed by atoms with Gasteiger partial charge in [-0.15, -0.1) is 11.3 Å². The number of hydrogen-bond donors (Lipinski definition) is 1. The number of hydrogen-bond acceptors (Lipinski definition) is 3. The third-order valence-electron chi connectivity index (χ3n) is 3.34. The van der Waals surface area contributed by atoms with Crippen molar-refractivity contribution in [1.82, 2.24) is 4.98 Å². The number of anilines is 1. The highest BCUT2D eigenvalue weighted by Gasteiger charge is 2.07. The number of nitrogens with zero attached hydrogens (tertiary/aromatic N) is 1. The van der Waals surface area contributed by atoms with E-state index in [2.05, 4.69) is 10.3 Å². The van der Waals surface area contributed by atoms with E-state index in [1.165, 1.54) is 0 Å². The third-order valence-corrected chi connectivity index (χ3v) is 4.11. The molecule has 1 N–H and O–H groups in total. The Morgan fingerprint density at radius 1 is 1.09 bits per heavy atom. The van der Waals surface area contributed by atoms with E-state index in [9.17, 15) is 4.79 Å². The van der Waals surface area contributed by atoms with Crippen LogP contribution < -0.4 is 5.32 Å². The molecular weight excluding hydrogens is 292 g/mol. The van der Waals surface area contributed by atoms with Crippen molar-refractivity contribution < 1.29 is 4.79 Å². The van der Waals surface area contributed by atoms with Crippen LogP contribution in [-0.2, 0) is 0 Å². The number of carbonyl (C=O) groups excluding carboxylic acids is 1. The second-order valence-electron chi connectivity index (χ2n) is 5.15. The third kappa shape index (κ3) is 3.23. The SMILES string of the molecule is Cc1cccc(C(=O)Nc2ccc(-c3csc(C)n3)cc2)c1. The Labute approximate surface area is 133 Å². The molecule has 0 radical (unpaired) electrons. The lowest BCUT2D eigenvalue weighted by Gasteiger charge is -2.06. The smallest absolute Gasteiger partial charge is 0.255 e. The molecule has 110 valence electrons. The average Bonchev–Trinajstić information content (AvgIpc) is 2.94. The van der Waals surface area contributed by atoms with E-state index in [0.29, 0.717) is 5.56 Å². The molecule has 0 aliphatic heterocycles. The van der Waals surface area contributed by atoms with Crippen LogP contribution in [0.15, 0.2) is 53.9 Å². The summed E-state index contributed by atoms with van der Waals surface area (Å²) < 4.78 is 0. The molecule has 0 spiro atoms. The second kappa shape index (κ2) is 6.12. The van der Waals surface area contributed by atoms with Crippen LogP contribution in [0, 0.1) is 13.8 Å². The number of rotatable bonds is 3. The lowest BCUT2D eigenvalue weighted by molar-refractivity contribution is 0.102. The molecule has 0 fully saturated rings. The van der Waals surface area contributed by atoms with Gasteiger partial charge in [-0.25, -0.2) is 4.98 Å².